The molecule has 3 heteroatoms. The summed E-state index contributed by atoms with van der Waals surface area (Å²) in [4.78, 5) is 0. The average Bonchev–Trinajstić information content (AvgIpc) is 2.34. The molecular weight excluding hydrogens is 305 g/mol. The molecule has 2 rings (SSSR count). The Labute approximate surface area is 109 Å². The summed E-state index contributed by atoms with van der Waals surface area (Å²) in [7, 11) is 0. The Balaban J connectivity index is 0.000000531. The summed E-state index contributed by atoms with van der Waals surface area (Å²) in [6.07, 6.45) is 6.87. The van der Waals surface area contributed by atoms with E-state index < -0.39 is 0 Å². The molecule has 0 bridgehead atoms. The van der Waals surface area contributed by atoms with Crippen molar-refractivity contribution in [1.29, 1.82) is 0 Å². The van der Waals surface area contributed by atoms with Gasteiger partial charge in [0.15, 0.2) is 0 Å². The van der Waals surface area contributed by atoms with Gasteiger partial charge in [0, 0.05) is 5.75 Å². The maximum atomic E-state index is 5.80. The topological polar surface area (TPSA) is 9.23 Å². The number of hydrogen-bond donors (Lipinski definition) is 0. The fourth-order valence-electron chi connectivity index (χ4n) is 1.81. The Morgan fingerprint density at radius 1 is 1.20 bits per heavy atom. The van der Waals surface area contributed by atoms with Crippen LogP contribution in [-0.4, -0.2) is 6.10 Å². The van der Waals surface area contributed by atoms with Crippen LogP contribution in [0.2, 0.25) is 0 Å². The van der Waals surface area contributed by atoms with E-state index in [1.807, 2.05) is 24.3 Å². The van der Waals surface area contributed by atoms with Crippen molar-refractivity contribution in [2.75, 3.05) is 0 Å². The summed E-state index contributed by atoms with van der Waals surface area (Å²) in [6.45, 7) is 0. The van der Waals surface area contributed by atoms with E-state index in [1.165, 1.54) is 48.4 Å². The first-order valence-corrected chi connectivity index (χ1v) is 12.3. The zero-order valence-corrected chi connectivity index (χ0v) is 13.5. The second kappa shape index (κ2) is 8.30. The van der Waals surface area contributed by atoms with E-state index in [0.29, 0.717) is 6.10 Å². The van der Waals surface area contributed by atoms with Gasteiger partial charge in [-0.15, -0.1) is 12.1 Å². The molecule has 0 heterocycles. The molecule has 15 heavy (non-hydrogen) atoms. The van der Waals surface area contributed by atoms with Gasteiger partial charge in [-0.05, 0) is 25.7 Å². The quantitative estimate of drug-likeness (QED) is 0.590. The summed E-state index contributed by atoms with van der Waals surface area (Å²) in [5.41, 5.74) is 0. The zero-order valence-electron chi connectivity index (χ0n) is 8.92. The third kappa shape index (κ3) is 5.13. The van der Waals surface area contributed by atoms with Gasteiger partial charge in [0.05, 0.1) is 6.10 Å². The number of halogens is 1. The first-order chi connectivity index (χ1) is 7.45. The molecule has 0 saturated heterocycles. The number of hydrogen-bond acceptors (Lipinski definition) is 1. The number of para-hydroxylation sites is 1. The summed E-state index contributed by atoms with van der Waals surface area (Å²) in [5, 5.41) is 0. The van der Waals surface area contributed by atoms with Crippen LogP contribution in [-0.2, 0) is 16.3 Å². The minimum Gasteiger partial charge on any atom is -0.516 e. The zero-order chi connectivity index (χ0) is 10.9. The minimum absolute atomic E-state index is 0.437. The van der Waals surface area contributed by atoms with Crippen LogP contribution in [0.15, 0.2) is 24.3 Å². The van der Waals surface area contributed by atoms with E-state index in [4.69, 9.17) is 4.74 Å². The first kappa shape index (κ1) is 13.2. The summed E-state index contributed by atoms with van der Waals surface area (Å²) >= 11 is 4.25. The molecule has 1 saturated carbocycles. The Morgan fingerprint density at radius 2 is 1.93 bits per heavy atom. The predicted molar refractivity (Wildman–Crippen MR) is 61.7 cm³/mol. The van der Waals surface area contributed by atoms with Gasteiger partial charge in [0.2, 0.25) is 0 Å². The van der Waals surface area contributed by atoms with Crippen LogP contribution < -0.4 is 4.74 Å². The standard InChI is InChI=1S/C12H15O.BrH.Zn/c1-3-7-11(8-4-1)13-12-9-5-2-6-10-12;;/h1,3-4,7,12H,2,5-6,9-10H2;1H;/q-1;;+2/p-1. The van der Waals surface area contributed by atoms with Gasteiger partial charge in [0.25, 0.3) is 0 Å². The smallest absolute Gasteiger partial charge is 0.0955 e. The SMILES string of the molecule is [Zn+][Br].[c-]1ccccc1OC1CCCCC1. The van der Waals surface area contributed by atoms with E-state index in [9.17, 15) is 0 Å². The minimum atomic E-state index is 0.437. The molecule has 0 aliphatic heterocycles. The first-order valence-electron chi connectivity index (χ1n) is 5.35. The largest absolute Gasteiger partial charge is 0.516 e. The van der Waals surface area contributed by atoms with E-state index in [0.717, 1.165) is 5.75 Å². The number of benzene rings is 1. The molecule has 0 aromatic heterocycles. The van der Waals surface area contributed by atoms with Crippen molar-refractivity contribution < 1.29 is 21.1 Å². The van der Waals surface area contributed by atoms with Gasteiger partial charge in [-0.2, -0.15) is 18.2 Å². The summed E-state index contributed by atoms with van der Waals surface area (Å²) in [5.74, 6) is 0.898. The Kier molecular flexibility index (Phi) is 7.29. The molecule has 1 fully saturated rings. The Bertz CT molecular complexity index is 247. The van der Waals surface area contributed by atoms with Crippen LogP contribution in [0.3, 0.4) is 0 Å². The van der Waals surface area contributed by atoms with Gasteiger partial charge in [0.1, 0.15) is 0 Å². The third-order valence-electron chi connectivity index (χ3n) is 2.53. The maximum Gasteiger partial charge on any atom is 0.0955 e. The van der Waals surface area contributed by atoms with Gasteiger partial charge < -0.3 is 4.74 Å². The molecule has 78 valence electrons. The van der Waals surface area contributed by atoms with E-state index >= 15 is 0 Å². The van der Waals surface area contributed by atoms with E-state index in [1.54, 1.807) is 0 Å². The van der Waals surface area contributed by atoms with Gasteiger partial charge in [-0.1, -0.05) is 6.42 Å². The molecule has 0 amide bonds. The Morgan fingerprint density at radius 3 is 2.53 bits per heavy atom. The van der Waals surface area contributed by atoms with Crippen molar-refractivity contribution in [3.63, 3.8) is 0 Å². The van der Waals surface area contributed by atoms with Crippen molar-refractivity contribution in [1.82, 2.24) is 0 Å². The average molecular weight is 321 g/mol. The monoisotopic (exact) mass is 318 g/mol. The van der Waals surface area contributed by atoms with Crippen LogP contribution in [0.5, 0.6) is 5.75 Å². The molecule has 1 nitrogen and oxygen atoms in total. The summed E-state index contributed by atoms with van der Waals surface area (Å²) in [6, 6.07) is 10.9. The second-order valence-electron chi connectivity index (χ2n) is 3.60. The van der Waals surface area contributed by atoms with E-state index in [2.05, 4.69) is 19.7 Å². The molecule has 0 spiro atoms. The Hall–Kier alpha value is 0.123. The van der Waals surface area contributed by atoms with E-state index in [-0.39, 0.29) is 0 Å². The molecule has 0 radical (unpaired) electrons. The second-order valence-corrected chi connectivity index (χ2v) is 3.60. The molecular formula is C12H15BrOZn. The van der Waals surface area contributed by atoms with Crippen LogP contribution in [0.1, 0.15) is 32.1 Å². The van der Waals surface area contributed by atoms with Gasteiger partial charge >= 0.3 is 30.0 Å². The molecule has 1 aliphatic carbocycles. The molecule has 1 aliphatic rings. The van der Waals surface area contributed by atoms with Crippen molar-refractivity contribution >= 4 is 13.6 Å². The van der Waals surface area contributed by atoms with Crippen molar-refractivity contribution in [2.45, 2.75) is 38.2 Å². The molecule has 0 N–H and O–H groups in total. The van der Waals surface area contributed by atoms with Gasteiger partial charge in [-0.25, -0.2) is 0 Å². The molecule has 1 aromatic rings. The van der Waals surface area contributed by atoms with Crippen LogP contribution >= 0.6 is 13.6 Å². The van der Waals surface area contributed by atoms with Crippen LogP contribution in [0.4, 0.5) is 0 Å². The fourth-order valence-corrected chi connectivity index (χ4v) is 1.81. The number of ether oxygens (including phenoxy) is 1. The number of rotatable bonds is 2. The third-order valence-corrected chi connectivity index (χ3v) is 2.53. The van der Waals surface area contributed by atoms with Crippen LogP contribution in [0.25, 0.3) is 0 Å². The summed E-state index contributed by atoms with van der Waals surface area (Å²) < 4.78 is 5.80. The maximum absolute atomic E-state index is 5.80. The fraction of sp³-hybridized carbons (Fsp3) is 0.500. The predicted octanol–water partition coefficient (Wildman–Crippen LogP) is 4.04. The normalized spacial score (nSPS) is 16.5. The van der Waals surface area contributed by atoms with Crippen molar-refractivity contribution in [3.05, 3.63) is 30.3 Å². The molecule has 0 unspecified atom stereocenters. The molecule has 0 atom stereocenters. The van der Waals surface area contributed by atoms with Gasteiger partial charge in [-0.3, -0.25) is 0 Å². The van der Waals surface area contributed by atoms with Crippen molar-refractivity contribution in [3.8, 4) is 5.75 Å². The van der Waals surface area contributed by atoms with Crippen LogP contribution in [0, 0.1) is 6.07 Å². The molecule has 1 aromatic carbocycles. The van der Waals surface area contributed by atoms with Crippen molar-refractivity contribution in [2.24, 2.45) is 0 Å².